The number of hydrogen-bond acceptors (Lipinski definition) is 4. The minimum absolute atomic E-state index is 0.257. The maximum Gasteiger partial charge on any atom is 0.307 e. The normalized spacial score (nSPS) is 15.4. The first kappa shape index (κ1) is 12.8. The van der Waals surface area contributed by atoms with Gasteiger partial charge in [-0.15, -0.1) is 0 Å². The van der Waals surface area contributed by atoms with E-state index in [1.807, 2.05) is 20.0 Å². The first-order valence-corrected chi connectivity index (χ1v) is 6.09. The number of ketones is 1. The molecule has 1 heterocycles. The van der Waals surface area contributed by atoms with Crippen molar-refractivity contribution in [2.45, 2.75) is 45.1 Å². The van der Waals surface area contributed by atoms with Crippen molar-refractivity contribution in [3.05, 3.63) is 17.5 Å². The predicted molar refractivity (Wildman–Crippen MR) is 65.2 cm³/mol. The Kier molecular flexibility index (Phi) is 3.24. The standard InChI is InChI=1S/C13H18N2O3/c1-13(2,7-12(17)18-3)15-8-9-6-10(16)4-5-11(9)14-15/h8H,4-7H2,1-3H3. The fourth-order valence-corrected chi connectivity index (χ4v) is 2.18. The molecule has 0 N–H and O–H groups in total. The molecule has 0 atom stereocenters. The Bertz CT molecular complexity index is 488. The first-order valence-electron chi connectivity index (χ1n) is 6.09. The lowest BCUT2D eigenvalue weighted by Crippen LogP contribution is -2.30. The summed E-state index contributed by atoms with van der Waals surface area (Å²) < 4.78 is 6.48. The van der Waals surface area contributed by atoms with Gasteiger partial charge in [-0.3, -0.25) is 14.3 Å². The van der Waals surface area contributed by atoms with E-state index in [4.69, 9.17) is 4.74 Å². The summed E-state index contributed by atoms with van der Waals surface area (Å²) in [5.41, 5.74) is 1.53. The number of aryl methyl sites for hydroxylation is 1. The van der Waals surface area contributed by atoms with Gasteiger partial charge in [0.15, 0.2) is 0 Å². The van der Waals surface area contributed by atoms with Crippen molar-refractivity contribution in [2.75, 3.05) is 7.11 Å². The highest BCUT2D eigenvalue weighted by Gasteiger charge is 2.28. The Hall–Kier alpha value is -1.65. The van der Waals surface area contributed by atoms with Crippen LogP contribution in [-0.2, 0) is 32.7 Å². The Morgan fingerprint density at radius 2 is 2.22 bits per heavy atom. The van der Waals surface area contributed by atoms with Gasteiger partial charge in [-0.25, -0.2) is 0 Å². The molecule has 98 valence electrons. The second-order valence-electron chi connectivity index (χ2n) is 5.33. The number of ether oxygens (including phenoxy) is 1. The third-order valence-corrected chi connectivity index (χ3v) is 3.33. The van der Waals surface area contributed by atoms with Gasteiger partial charge in [-0.1, -0.05) is 0 Å². The lowest BCUT2D eigenvalue weighted by Gasteiger charge is -2.23. The molecule has 0 bridgehead atoms. The van der Waals surface area contributed by atoms with Gasteiger partial charge >= 0.3 is 5.97 Å². The van der Waals surface area contributed by atoms with Crippen molar-refractivity contribution in [3.63, 3.8) is 0 Å². The van der Waals surface area contributed by atoms with E-state index in [2.05, 4.69) is 5.10 Å². The topological polar surface area (TPSA) is 61.2 Å². The zero-order valence-electron chi connectivity index (χ0n) is 11.0. The van der Waals surface area contributed by atoms with Gasteiger partial charge in [0, 0.05) is 24.6 Å². The molecular weight excluding hydrogens is 232 g/mol. The number of Topliss-reactive ketones (excluding diaryl/α,β-unsaturated/α-hetero) is 1. The van der Waals surface area contributed by atoms with E-state index in [0.717, 1.165) is 11.3 Å². The molecule has 0 unspecified atom stereocenters. The zero-order chi connectivity index (χ0) is 13.3. The molecule has 2 rings (SSSR count). The van der Waals surface area contributed by atoms with E-state index >= 15 is 0 Å². The second-order valence-corrected chi connectivity index (χ2v) is 5.33. The van der Waals surface area contributed by atoms with Crippen LogP contribution in [0.3, 0.4) is 0 Å². The van der Waals surface area contributed by atoms with Gasteiger partial charge in [-0.05, 0) is 20.3 Å². The number of fused-ring (bicyclic) bond motifs is 1. The van der Waals surface area contributed by atoms with Gasteiger partial charge in [0.05, 0.1) is 24.8 Å². The van der Waals surface area contributed by atoms with Crippen LogP contribution >= 0.6 is 0 Å². The van der Waals surface area contributed by atoms with Crippen LogP contribution in [0, 0.1) is 0 Å². The Labute approximate surface area is 106 Å². The molecule has 1 aromatic rings. The van der Waals surface area contributed by atoms with Crippen molar-refractivity contribution >= 4 is 11.8 Å². The van der Waals surface area contributed by atoms with Gasteiger partial charge in [-0.2, -0.15) is 5.10 Å². The van der Waals surface area contributed by atoms with Crippen molar-refractivity contribution in [2.24, 2.45) is 0 Å². The average molecular weight is 250 g/mol. The van der Waals surface area contributed by atoms with Gasteiger partial charge in [0.25, 0.3) is 0 Å². The quantitative estimate of drug-likeness (QED) is 0.757. The number of hydrogen-bond donors (Lipinski definition) is 0. The number of nitrogens with zero attached hydrogens (tertiary/aromatic N) is 2. The van der Waals surface area contributed by atoms with E-state index < -0.39 is 5.54 Å². The summed E-state index contributed by atoms with van der Waals surface area (Å²) in [5.74, 6) is -0.00243. The molecule has 18 heavy (non-hydrogen) atoms. The highest BCUT2D eigenvalue weighted by molar-refractivity contribution is 5.82. The number of carbonyl (C=O) groups is 2. The monoisotopic (exact) mass is 250 g/mol. The SMILES string of the molecule is COC(=O)CC(C)(C)n1cc2c(n1)CCC(=O)C2. The number of carbonyl (C=O) groups excluding carboxylic acids is 2. The third kappa shape index (κ3) is 2.44. The molecule has 0 saturated heterocycles. The van der Waals surface area contributed by atoms with E-state index in [1.165, 1.54) is 7.11 Å². The van der Waals surface area contributed by atoms with E-state index in [9.17, 15) is 9.59 Å². The number of esters is 1. The van der Waals surface area contributed by atoms with Crippen LogP contribution in [0.15, 0.2) is 6.20 Å². The molecule has 5 heteroatoms. The lowest BCUT2D eigenvalue weighted by molar-refractivity contribution is -0.142. The molecule has 0 spiro atoms. The van der Waals surface area contributed by atoms with Crippen molar-refractivity contribution in [3.8, 4) is 0 Å². The second kappa shape index (κ2) is 4.55. The van der Waals surface area contributed by atoms with E-state index in [-0.39, 0.29) is 18.2 Å². The van der Waals surface area contributed by atoms with Gasteiger partial charge in [0.1, 0.15) is 5.78 Å². The summed E-state index contributed by atoms with van der Waals surface area (Å²) >= 11 is 0. The minimum Gasteiger partial charge on any atom is -0.469 e. The highest BCUT2D eigenvalue weighted by Crippen LogP contribution is 2.24. The van der Waals surface area contributed by atoms with Crippen LogP contribution in [0.2, 0.25) is 0 Å². The molecule has 0 saturated carbocycles. The summed E-state index contributed by atoms with van der Waals surface area (Å²) in [5, 5.41) is 4.50. The van der Waals surface area contributed by atoms with Crippen molar-refractivity contribution in [1.82, 2.24) is 9.78 Å². The smallest absolute Gasteiger partial charge is 0.307 e. The molecule has 1 aliphatic rings. The van der Waals surface area contributed by atoms with Crippen molar-refractivity contribution in [1.29, 1.82) is 0 Å². The molecule has 1 aromatic heterocycles. The van der Waals surface area contributed by atoms with Crippen LogP contribution in [0.25, 0.3) is 0 Å². The predicted octanol–water partition coefficient (Wildman–Crippen LogP) is 1.24. The fraction of sp³-hybridized carbons (Fsp3) is 0.615. The Morgan fingerprint density at radius 1 is 1.50 bits per heavy atom. The number of methoxy groups -OCH3 is 1. The van der Waals surface area contributed by atoms with Crippen molar-refractivity contribution < 1.29 is 14.3 Å². The average Bonchev–Trinajstić information content (AvgIpc) is 2.71. The van der Waals surface area contributed by atoms with E-state index in [0.29, 0.717) is 19.3 Å². The zero-order valence-corrected chi connectivity index (χ0v) is 11.0. The minimum atomic E-state index is -0.437. The summed E-state index contributed by atoms with van der Waals surface area (Å²) in [4.78, 5) is 22.8. The van der Waals surface area contributed by atoms with Crippen LogP contribution in [0.4, 0.5) is 0 Å². The van der Waals surface area contributed by atoms with Crippen LogP contribution < -0.4 is 0 Å². The molecule has 0 fully saturated rings. The Balaban J connectivity index is 2.23. The molecule has 0 aromatic carbocycles. The maximum atomic E-state index is 11.4. The van der Waals surface area contributed by atoms with Crippen LogP contribution in [-0.4, -0.2) is 28.6 Å². The highest BCUT2D eigenvalue weighted by atomic mass is 16.5. The maximum absolute atomic E-state index is 11.4. The molecule has 5 nitrogen and oxygen atoms in total. The summed E-state index contributed by atoms with van der Waals surface area (Å²) in [6.07, 6.45) is 3.88. The summed E-state index contributed by atoms with van der Waals surface area (Å²) in [7, 11) is 1.38. The third-order valence-electron chi connectivity index (χ3n) is 3.33. The Morgan fingerprint density at radius 3 is 2.89 bits per heavy atom. The summed E-state index contributed by atoms with van der Waals surface area (Å²) in [6.45, 7) is 3.87. The molecule has 0 radical (unpaired) electrons. The lowest BCUT2D eigenvalue weighted by atomic mass is 9.97. The largest absolute Gasteiger partial charge is 0.469 e. The number of aromatic nitrogens is 2. The number of rotatable bonds is 3. The van der Waals surface area contributed by atoms with E-state index in [1.54, 1.807) is 4.68 Å². The first-order chi connectivity index (χ1) is 8.42. The summed E-state index contributed by atoms with van der Waals surface area (Å²) in [6, 6.07) is 0. The fourth-order valence-electron chi connectivity index (χ4n) is 2.18. The van der Waals surface area contributed by atoms with Gasteiger partial charge < -0.3 is 4.74 Å². The molecular formula is C13H18N2O3. The van der Waals surface area contributed by atoms with Crippen LogP contribution in [0.1, 0.15) is 37.9 Å². The van der Waals surface area contributed by atoms with Gasteiger partial charge in [0.2, 0.25) is 0 Å². The molecule has 0 amide bonds. The molecule has 1 aliphatic carbocycles. The van der Waals surface area contributed by atoms with Crippen LogP contribution in [0.5, 0.6) is 0 Å². The molecule has 0 aliphatic heterocycles.